The summed E-state index contributed by atoms with van der Waals surface area (Å²) in [6.45, 7) is 2.23. The Hall–Kier alpha value is -3.86. The van der Waals surface area contributed by atoms with Crippen molar-refractivity contribution in [1.82, 2.24) is 10.2 Å². The van der Waals surface area contributed by atoms with Crippen LogP contribution >= 0.6 is 0 Å². The van der Waals surface area contributed by atoms with E-state index < -0.39 is 48.0 Å². The van der Waals surface area contributed by atoms with Gasteiger partial charge in [0.1, 0.15) is 12.1 Å². The highest BCUT2D eigenvalue weighted by molar-refractivity contribution is 5.90. The monoisotopic (exact) mass is 534 g/mol. The van der Waals surface area contributed by atoms with E-state index in [9.17, 15) is 32.7 Å². The normalized spacial score (nSPS) is 19.1. The fraction of sp³-hybridized carbons (Fsp3) is 0.370. The van der Waals surface area contributed by atoms with Crippen LogP contribution in [0.15, 0.2) is 66.4 Å². The van der Waals surface area contributed by atoms with Gasteiger partial charge in [-0.05, 0) is 35.6 Å². The summed E-state index contributed by atoms with van der Waals surface area (Å²) in [5.74, 6) is -4.70. The highest BCUT2D eigenvalue weighted by atomic mass is 19.4. The SMILES string of the molecule is CCCN(CCc1ccc(-c2ccccc2)cc1)C(=O)[C@@H]1OC(C(=O)OC)=C[C@@H](O)[C@H]1NC(=O)C(F)(F)F. The van der Waals surface area contributed by atoms with Crippen molar-refractivity contribution in [1.29, 1.82) is 0 Å². The number of benzene rings is 2. The Kier molecular flexibility index (Phi) is 9.51. The molecular formula is C27H29F3N2O6. The van der Waals surface area contributed by atoms with E-state index in [1.54, 1.807) is 5.32 Å². The van der Waals surface area contributed by atoms with E-state index in [-0.39, 0.29) is 13.1 Å². The number of aliphatic hydroxyl groups excluding tert-OH is 1. The first-order valence-electron chi connectivity index (χ1n) is 12.0. The molecule has 2 amide bonds. The first-order valence-corrected chi connectivity index (χ1v) is 12.0. The molecule has 38 heavy (non-hydrogen) atoms. The third-order valence-electron chi connectivity index (χ3n) is 5.99. The maximum Gasteiger partial charge on any atom is 0.471 e. The zero-order valence-corrected chi connectivity index (χ0v) is 20.9. The van der Waals surface area contributed by atoms with Gasteiger partial charge in [0.2, 0.25) is 5.76 Å². The Morgan fingerprint density at radius 2 is 1.66 bits per heavy atom. The molecule has 2 aromatic rings. The summed E-state index contributed by atoms with van der Waals surface area (Å²) in [5, 5.41) is 12.1. The number of halogens is 3. The highest BCUT2D eigenvalue weighted by Gasteiger charge is 2.47. The van der Waals surface area contributed by atoms with Gasteiger partial charge < -0.3 is 24.8 Å². The second kappa shape index (κ2) is 12.6. The number of hydrogen-bond acceptors (Lipinski definition) is 6. The van der Waals surface area contributed by atoms with Crippen molar-refractivity contribution in [3.63, 3.8) is 0 Å². The molecule has 1 heterocycles. The lowest BCUT2D eigenvalue weighted by Crippen LogP contribution is -2.61. The third kappa shape index (κ3) is 7.12. The first kappa shape index (κ1) is 28.7. The molecule has 0 spiro atoms. The largest absolute Gasteiger partial charge is 0.471 e. The molecule has 3 rings (SSSR count). The molecule has 0 saturated carbocycles. The van der Waals surface area contributed by atoms with Crippen molar-refractivity contribution in [2.45, 2.75) is 44.2 Å². The summed E-state index contributed by atoms with van der Waals surface area (Å²) in [5.41, 5.74) is 2.99. The Bertz CT molecular complexity index is 1150. The van der Waals surface area contributed by atoms with Crippen LogP contribution in [0.4, 0.5) is 13.2 Å². The molecule has 0 saturated heterocycles. The Labute approximate surface area is 218 Å². The van der Waals surface area contributed by atoms with Crippen LogP contribution in [-0.2, 0) is 30.3 Å². The standard InChI is InChI=1S/C27H29F3N2O6/c1-3-14-32(15-13-17-9-11-19(12-10-17)18-7-5-4-6-8-18)24(34)23-22(31-26(36)27(28,29)30)20(33)16-21(38-23)25(35)37-2/h4-12,16,20,22-23,33H,3,13-15H2,1-2H3,(H,31,36)/t20-,22-,23-/m1/s1. The van der Waals surface area contributed by atoms with Gasteiger partial charge in [-0.1, -0.05) is 61.5 Å². The average Bonchev–Trinajstić information content (AvgIpc) is 2.91. The quantitative estimate of drug-likeness (QED) is 0.480. The summed E-state index contributed by atoms with van der Waals surface area (Å²) in [4.78, 5) is 38.4. The second-order valence-electron chi connectivity index (χ2n) is 8.69. The number of rotatable bonds is 9. The van der Waals surface area contributed by atoms with Crippen LogP contribution in [0.2, 0.25) is 0 Å². The van der Waals surface area contributed by atoms with Gasteiger partial charge in [-0.3, -0.25) is 9.59 Å². The molecule has 1 aliphatic heterocycles. The molecular weight excluding hydrogens is 505 g/mol. The molecule has 204 valence electrons. The number of alkyl halides is 3. The van der Waals surface area contributed by atoms with Crippen LogP contribution in [0.5, 0.6) is 0 Å². The lowest BCUT2D eigenvalue weighted by atomic mass is 9.98. The van der Waals surface area contributed by atoms with E-state index in [4.69, 9.17) is 4.74 Å². The number of methoxy groups -OCH3 is 1. The highest BCUT2D eigenvalue weighted by Crippen LogP contribution is 2.24. The number of amides is 2. The van der Waals surface area contributed by atoms with Crippen molar-refractivity contribution < 1.29 is 42.1 Å². The summed E-state index contributed by atoms with van der Waals surface area (Å²) in [7, 11) is 1.04. The number of hydrogen-bond donors (Lipinski definition) is 2. The first-order chi connectivity index (χ1) is 18.0. The van der Waals surface area contributed by atoms with Gasteiger partial charge in [0, 0.05) is 13.1 Å². The predicted octanol–water partition coefficient (Wildman–Crippen LogP) is 3.00. The predicted molar refractivity (Wildman–Crippen MR) is 131 cm³/mol. The van der Waals surface area contributed by atoms with Crippen LogP contribution in [-0.4, -0.2) is 72.4 Å². The number of esters is 1. The van der Waals surface area contributed by atoms with Crippen LogP contribution < -0.4 is 5.32 Å². The summed E-state index contributed by atoms with van der Waals surface area (Å²) in [6.07, 6.45) is -7.11. The van der Waals surface area contributed by atoms with Crippen LogP contribution in [0.3, 0.4) is 0 Å². The van der Waals surface area contributed by atoms with Crippen molar-refractivity contribution in [3.8, 4) is 11.1 Å². The number of carbonyl (C=O) groups excluding carboxylic acids is 3. The second-order valence-corrected chi connectivity index (χ2v) is 8.69. The van der Waals surface area contributed by atoms with E-state index in [1.807, 2.05) is 61.5 Å². The molecule has 8 nitrogen and oxygen atoms in total. The van der Waals surface area contributed by atoms with E-state index in [0.29, 0.717) is 12.8 Å². The van der Waals surface area contributed by atoms with Crippen LogP contribution in [0, 0.1) is 0 Å². The lowest BCUT2D eigenvalue weighted by molar-refractivity contribution is -0.177. The van der Waals surface area contributed by atoms with Gasteiger partial charge >= 0.3 is 18.1 Å². The smallest absolute Gasteiger partial charge is 0.471 e. The molecule has 0 fully saturated rings. The number of nitrogens with one attached hydrogen (secondary N) is 1. The van der Waals surface area contributed by atoms with Gasteiger partial charge in [0.25, 0.3) is 5.91 Å². The Morgan fingerprint density at radius 3 is 2.24 bits per heavy atom. The minimum Gasteiger partial charge on any atom is -0.471 e. The number of nitrogens with zero attached hydrogens (tertiary/aromatic N) is 1. The van der Waals surface area contributed by atoms with Crippen molar-refractivity contribution in [3.05, 3.63) is 72.0 Å². The summed E-state index contributed by atoms with van der Waals surface area (Å²) < 4.78 is 48.7. The van der Waals surface area contributed by atoms with E-state index in [2.05, 4.69) is 4.74 Å². The van der Waals surface area contributed by atoms with Crippen LogP contribution in [0.25, 0.3) is 11.1 Å². The molecule has 0 bridgehead atoms. The Morgan fingerprint density at radius 1 is 1.03 bits per heavy atom. The molecule has 0 radical (unpaired) electrons. The third-order valence-corrected chi connectivity index (χ3v) is 5.99. The molecule has 1 aliphatic rings. The zero-order chi connectivity index (χ0) is 27.9. The molecule has 2 aromatic carbocycles. The topological polar surface area (TPSA) is 105 Å². The van der Waals surface area contributed by atoms with Gasteiger partial charge in [-0.2, -0.15) is 13.2 Å². The van der Waals surface area contributed by atoms with E-state index in [0.717, 1.165) is 29.9 Å². The van der Waals surface area contributed by atoms with Crippen molar-refractivity contribution >= 4 is 17.8 Å². The Balaban J connectivity index is 1.79. The molecule has 11 heteroatoms. The lowest BCUT2D eigenvalue weighted by Gasteiger charge is -2.37. The minimum atomic E-state index is -5.26. The number of ether oxygens (including phenoxy) is 2. The maximum atomic E-state index is 13.5. The van der Waals surface area contributed by atoms with Gasteiger partial charge in [0.15, 0.2) is 6.10 Å². The zero-order valence-electron chi connectivity index (χ0n) is 20.9. The molecule has 0 unspecified atom stereocenters. The van der Waals surface area contributed by atoms with Gasteiger partial charge in [0.05, 0.1) is 7.11 Å². The number of aliphatic hydroxyl groups is 1. The fourth-order valence-electron chi connectivity index (χ4n) is 4.04. The van der Waals surface area contributed by atoms with Gasteiger partial charge in [-0.25, -0.2) is 4.79 Å². The number of carbonyl (C=O) groups is 3. The molecule has 2 N–H and O–H groups in total. The van der Waals surface area contributed by atoms with Crippen molar-refractivity contribution in [2.75, 3.05) is 20.2 Å². The minimum absolute atomic E-state index is 0.185. The van der Waals surface area contributed by atoms with E-state index in [1.165, 1.54) is 4.90 Å². The maximum absolute atomic E-state index is 13.5. The summed E-state index contributed by atoms with van der Waals surface area (Å²) >= 11 is 0. The average molecular weight is 535 g/mol. The fourth-order valence-corrected chi connectivity index (χ4v) is 4.04. The molecule has 3 atom stereocenters. The summed E-state index contributed by atoms with van der Waals surface area (Å²) in [6, 6.07) is 15.7. The van der Waals surface area contributed by atoms with Gasteiger partial charge in [-0.15, -0.1) is 0 Å². The van der Waals surface area contributed by atoms with E-state index >= 15 is 0 Å². The molecule has 0 aliphatic carbocycles. The molecule has 0 aromatic heterocycles. The van der Waals surface area contributed by atoms with Crippen LogP contribution in [0.1, 0.15) is 18.9 Å². The van der Waals surface area contributed by atoms with Crippen molar-refractivity contribution in [2.24, 2.45) is 0 Å².